The quantitative estimate of drug-likeness (QED) is 0.645. The molecule has 5 nitrogen and oxygen atoms in total. The van der Waals surface area contributed by atoms with E-state index in [1.807, 2.05) is 12.1 Å². The molecule has 4 N–H and O–H groups in total. The summed E-state index contributed by atoms with van der Waals surface area (Å²) in [6.45, 7) is 1.44. The summed E-state index contributed by atoms with van der Waals surface area (Å²) in [5.74, 6) is 0.827. The monoisotopic (exact) mass is 302 g/mol. The van der Waals surface area contributed by atoms with Gasteiger partial charge in [0.1, 0.15) is 5.82 Å². The van der Waals surface area contributed by atoms with Gasteiger partial charge in [0.2, 0.25) is 5.91 Å². The molecule has 1 aromatic rings. The number of anilines is 2. The number of allylic oxidation sites excluding steroid dienone is 1. The van der Waals surface area contributed by atoms with Gasteiger partial charge in [0.15, 0.2) is 0 Å². The molecule has 0 spiro atoms. The van der Waals surface area contributed by atoms with E-state index < -0.39 is 0 Å². The lowest BCUT2D eigenvalue weighted by molar-refractivity contribution is -0.116. The molecule has 22 heavy (non-hydrogen) atoms. The molecule has 0 radical (unpaired) electrons. The number of amides is 1. The summed E-state index contributed by atoms with van der Waals surface area (Å²) in [5, 5.41) is 6.14. The molecule has 1 aliphatic carbocycles. The fraction of sp³-hybridized carbons (Fsp3) is 0.529. The molecule has 0 unspecified atom stereocenters. The third-order valence-corrected chi connectivity index (χ3v) is 3.79. The van der Waals surface area contributed by atoms with Crippen LogP contribution in [0.3, 0.4) is 0 Å². The summed E-state index contributed by atoms with van der Waals surface area (Å²) in [6.07, 6.45) is 11.4. The van der Waals surface area contributed by atoms with E-state index in [1.54, 1.807) is 11.8 Å². The van der Waals surface area contributed by atoms with E-state index in [1.165, 1.54) is 25.7 Å². The lowest BCUT2D eigenvalue weighted by Gasteiger charge is -2.13. The Morgan fingerprint density at radius 1 is 1.32 bits per heavy atom. The van der Waals surface area contributed by atoms with Crippen molar-refractivity contribution < 1.29 is 4.79 Å². The number of hydrogen-bond donors (Lipinski definition) is 3. The normalized spacial score (nSPS) is 14.3. The Kier molecular flexibility index (Phi) is 6.90. The van der Waals surface area contributed by atoms with Crippen molar-refractivity contribution in [2.75, 3.05) is 23.7 Å². The van der Waals surface area contributed by atoms with E-state index in [-0.39, 0.29) is 5.91 Å². The predicted octanol–water partition coefficient (Wildman–Crippen LogP) is 3.06. The number of aromatic nitrogens is 1. The highest BCUT2D eigenvalue weighted by molar-refractivity contribution is 5.90. The van der Waals surface area contributed by atoms with Gasteiger partial charge in [-0.15, -0.1) is 0 Å². The highest BCUT2D eigenvalue weighted by Crippen LogP contribution is 2.20. The van der Waals surface area contributed by atoms with Gasteiger partial charge >= 0.3 is 0 Å². The van der Waals surface area contributed by atoms with E-state index in [4.69, 9.17) is 5.73 Å². The van der Waals surface area contributed by atoms with E-state index >= 15 is 0 Å². The van der Waals surface area contributed by atoms with Crippen LogP contribution in [0.1, 0.15) is 44.9 Å². The molecule has 0 aromatic carbocycles. The zero-order chi connectivity index (χ0) is 15.6. The van der Waals surface area contributed by atoms with Crippen LogP contribution in [0.4, 0.5) is 11.5 Å². The van der Waals surface area contributed by atoms with Crippen molar-refractivity contribution >= 4 is 17.4 Å². The molecule has 1 aromatic heterocycles. The Bertz CT molecular complexity index is 496. The highest BCUT2D eigenvalue weighted by atomic mass is 16.1. The molecule has 1 amide bonds. The minimum atomic E-state index is -0.0165. The number of nitrogens with two attached hydrogens (primary N) is 1. The molecule has 120 valence electrons. The number of carbonyl (C=O) groups is 1. The summed E-state index contributed by atoms with van der Waals surface area (Å²) in [5.41, 5.74) is 7.67. The number of hydrogen-bond acceptors (Lipinski definition) is 4. The van der Waals surface area contributed by atoms with Crippen LogP contribution in [0.15, 0.2) is 30.0 Å². The number of nitrogens with zero attached hydrogens (tertiary/aromatic N) is 1. The number of rotatable bonds is 8. The van der Waals surface area contributed by atoms with Crippen LogP contribution in [0.25, 0.3) is 0 Å². The summed E-state index contributed by atoms with van der Waals surface area (Å²) >= 11 is 0. The largest absolute Gasteiger partial charge is 0.370 e. The zero-order valence-corrected chi connectivity index (χ0v) is 13.1. The number of nitrogens with one attached hydrogen (secondary N) is 2. The standard InChI is InChI=1S/C17H26N4O/c18-11-4-7-17(22)21-15-8-9-16(20-13-15)19-12-10-14-5-2-1-3-6-14/h5,8-9,13H,1-4,6-7,10-12,18H2,(H,19,20)(H,21,22). The Balaban J connectivity index is 1.72. The van der Waals surface area contributed by atoms with Crippen LogP contribution in [0.5, 0.6) is 0 Å². The molecule has 0 atom stereocenters. The van der Waals surface area contributed by atoms with Crippen molar-refractivity contribution in [2.24, 2.45) is 5.73 Å². The second-order valence-corrected chi connectivity index (χ2v) is 5.66. The molecule has 0 fully saturated rings. The first-order valence-electron chi connectivity index (χ1n) is 8.15. The van der Waals surface area contributed by atoms with Gasteiger partial charge in [-0.25, -0.2) is 4.98 Å². The van der Waals surface area contributed by atoms with Crippen LogP contribution in [-0.4, -0.2) is 24.0 Å². The first-order chi connectivity index (χ1) is 10.8. The van der Waals surface area contributed by atoms with E-state index in [9.17, 15) is 4.79 Å². The van der Waals surface area contributed by atoms with Crippen molar-refractivity contribution in [3.63, 3.8) is 0 Å². The molecule has 0 saturated heterocycles. The fourth-order valence-electron chi connectivity index (χ4n) is 2.54. The maximum atomic E-state index is 11.6. The van der Waals surface area contributed by atoms with Crippen LogP contribution in [0, 0.1) is 0 Å². The molecular formula is C17H26N4O. The van der Waals surface area contributed by atoms with Gasteiger partial charge in [0.25, 0.3) is 0 Å². The lowest BCUT2D eigenvalue weighted by atomic mass is 9.97. The van der Waals surface area contributed by atoms with Gasteiger partial charge in [-0.2, -0.15) is 0 Å². The van der Waals surface area contributed by atoms with Crippen LogP contribution >= 0.6 is 0 Å². The fourth-order valence-corrected chi connectivity index (χ4v) is 2.54. The molecule has 0 aliphatic heterocycles. The molecule has 5 heteroatoms. The average Bonchev–Trinajstić information content (AvgIpc) is 2.55. The van der Waals surface area contributed by atoms with Crippen molar-refractivity contribution in [1.29, 1.82) is 0 Å². The topological polar surface area (TPSA) is 80.0 Å². The Hall–Kier alpha value is -1.88. The maximum Gasteiger partial charge on any atom is 0.224 e. The van der Waals surface area contributed by atoms with Crippen molar-refractivity contribution in [2.45, 2.75) is 44.9 Å². The van der Waals surface area contributed by atoms with Crippen molar-refractivity contribution in [3.8, 4) is 0 Å². The Morgan fingerprint density at radius 3 is 2.91 bits per heavy atom. The van der Waals surface area contributed by atoms with E-state index in [0.717, 1.165) is 24.5 Å². The Morgan fingerprint density at radius 2 is 2.23 bits per heavy atom. The average molecular weight is 302 g/mol. The van der Waals surface area contributed by atoms with Crippen LogP contribution in [-0.2, 0) is 4.79 Å². The van der Waals surface area contributed by atoms with Gasteiger partial charge in [0, 0.05) is 13.0 Å². The lowest BCUT2D eigenvalue weighted by Crippen LogP contribution is -2.13. The first kappa shape index (κ1) is 16.5. The predicted molar refractivity (Wildman–Crippen MR) is 90.8 cm³/mol. The summed E-state index contributed by atoms with van der Waals surface area (Å²) in [4.78, 5) is 15.9. The second kappa shape index (κ2) is 9.20. The molecular weight excluding hydrogens is 276 g/mol. The molecule has 0 bridgehead atoms. The highest BCUT2D eigenvalue weighted by Gasteiger charge is 2.04. The summed E-state index contributed by atoms with van der Waals surface area (Å²) in [7, 11) is 0. The van der Waals surface area contributed by atoms with E-state index in [0.29, 0.717) is 19.4 Å². The number of carbonyl (C=O) groups excluding carboxylic acids is 1. The van der Waals surface area contributed by atoms with Crippen LogP contribution in [0.2, 0.25) is 0 Å². The summed E-state index contributed by atoms with van der Waals surface area (Å²) in [6, 6.07) is 3.77. The van der Waals surface area contributed by atoms with Crippen molar-refractivity contribution in [1.82, 2.24) is 4.98 Å². The van der Waals surface area contributed by atoms with Crippen molar-refractivity contribution in [3.05, 3.63) is 30.0 Å². The van der Waals surface area contributed by atoms with Gasteiger partial charge < -0.3 is 16.4 Å². The third kappa shape index (κ3) is 5.85. The maximum absolute atomic E-state index is 11.6. The second-order valence-electron chi connectivity index (χ2n) is 5.66. The zero-order valence-electron chi connectivity index (χ0n) is 13.1. The van der Waals surface area contributed by atoms with Gasteiger partial charge in [-0.1, -0.05) is 11.6 Å². The number of pyridine rings is 1. The van der Waals surface area contributed by atoms with E-state index in [2.05, 4.69) is 21.7 Å². The molecule has 2 rings (SSSR count). The molecule has 0 saturated carbocycles. The smallest absolute Gasteiger partial charge is 0.224 e. The molecule has 1 aliphatic rings. The SMILES string of the molecule is NCCCC(=O)Nc1ccc(NCCC2=CCCCC2)nc1. The van der Waals surface area contributed by atoms with Crippen LogP contribution < -0.4 is 16.4 Å². The van der Waals surface area contributed by atoms with Gasteiger partial charge in [0.05, 0.1) is 11.9 Å². The molecule has 1 heterocycles. The first-order valence-corrected chi connectivity index (χ1v) is 8.15. The minimum absolute atomic E-state index is 0.0165. The summed E-state index contributed by atoms with van der Waals surface area (Å²) < 4.78 is 0. The van der Waals surface area contributed by atoms with Gasteiger partial charge in [-0.05, 0) is 57.2 Å². The Labute approximate surface area is 132 Å². The minimum Gasteiger partial charge on any atom is -0.370 e. The third-order valence-electron chi connectivity index (χ3n) is 3.79. The van der Waals surface area contributed by atoms with Gasteiger partial charge in [-0.3, -0.25) is 4.79 Å².